The minimum Gasteiger partial charge on any atom is -0.483 e. The lowest BCUT2D eigenvalue weighted by atomic mass is 9.88. The zero-order chi connectivity index (χ0) is 17.1. The molecular formula is C16H30N2O5. The Morgan fingerprint density at radius 1 is 1.35 bits per heavy atom. The van der Waals surface area contributed by atoms with Gasteiger partial charge in [-0.25, -0.2) is 0 Å². The average Bonchev–Trinajstić information content (AvgIpc) is 2.56. The van der Waals surface area contributed by atoms with Crippen LogP contribution in [0.5, 0.6) is 0 Å². The van der Waals surface area contributed by atoms with Crippen LogP contribution in [0, 0.1) is 5.92 Å². The highest BCUT2D eigenvalue weighted by Gasteiger charge is 2.32. The average molecular weight is 330 g/mol. The lowest BCUT2D eigenvalue weighted by molar-refractivity contribution is -0.146. The van der Waals surface area contributed by atoms with Crippen LogP contribution >= 0.6 is 0 Å². The van der Waals surface area contributed by atoms with Crippen molar-refractivity contribution in [2.24, 2.45) is 5.92 Å². The molecule has 7 nitrogen and oxygen atoms in total. The van der Waals surface area contributed by atoms with E-state index in [9.17, 15) is 4.79 Å². The van der Waals surface area contributed by atoms with Crippen molar-refractivity contribution in [1.82, 2.24) is 9.80 Å². The van der Waals surface area contributed by atoms with E-state index < -0.39 is 0 Å². The molecule has 0 bridgehead atoms. The number of aliphatic hydroxyl groups excluding tert-OH is 1. The minimum absolute atomic E-state index is 0.134. The summed E-state index contributed by atoms with van der Waals surface area (Å²) in [6, 6.07) is 0.134. The van der Waals surface area contributed by atoms with Crippen molar-refractivity contribution in [2.45, 2.75) is 38.1 Å². The number of carboxylic acid groups (broad SMARTS) is 1. The molecule has 1 unspecified atom stereocenters. The maximum atomic E-state index is 12.7. The number of amides is 1. The number of likely N-dealkylation sites (N-methyl/N-ethyl adjacent to an activating group) is 1. The molecule has 1 atom stereocenters. The highest BCUT2D eigenvalue weighted by molar-refractivity contribution is 5.79. The number of hydrogen-bond donors (Lipinski definition) is 2. The number of carbonyl (C=O) groups is 2. The van der Waals surface area contributed by atoms with Crippen LogP contribution in [0.3, 0.4) is 0 Å². The van der Waals surface area contributed by atoms with Crippen LogP contribution in [0.25, 0.3) is 0 Å². The summed E-state index contributed by atoms with van der Waals surface area (Å²) in [4.78, 5) is 25.2. The molecular weight excluding hydrogens is 300 g/mol. The van der Waals surface area contributed by atoms with Gasteiger partial charge in [0.05, 0.1) is 25.9 Å². The van der Waals surface area contributed by atoms with Gasteiger partial charge in [-0.1, -0.05) is 19.3 Å². The van der Waals surface area contributed by atoms with E-state index >= 15 is 0 Å². The molecule has 2 fully saturated rings. The van der Waals surface area contributed by atoms with Crippen LogP contribution in [0.15, 0.2) is 0 Å². The molecule has 0 aromatic rings. The molecule has 1 aliphatic carbocycles. The van der Waals surface area contributed by atoms with E-state index in [1.54, 1.807) is 0 Å². The summed E-state index contributed by atoms with van der Waals surface area (Å²) < 4.78 is 5.55. The van der Waals surface area contributed by atoms with E-state index in [-0.39, 0.29) is 25.0 Å². The minimum atomic E-state index is -0.250. The van der Waals surface area contributed by atoms with Gasteiger partial charge in [-0.3, -0.25) is 9.59 Å². The summed E-state index contributed by atoms with van der Waals surface area (Å²) in [5.41, 5.74) is 0. The third-order valence-electron chi connectivity index (χ3n) is 4.47. The van der Waals surface area contributed by atoms with E-state index in [4.69, 9.17) is 19.7 Å². The van der Waals surface area contributed by atoms with Gasteiger partial charge in [-0.05, 0) is 19.9 Å². The predicted molar refractivity (Wildman–Crippen MR) is 86.2 cm³/mol. The normalized spacial score (nSPS) is 22.4. The topological polar surface area (TPSA) is 90.3 Å². The number of aliphatic hydroxyl groups is 1. The van der Waals surface area contributed by atoms with Crippen molar-refractivity contribution in [3.8, 4) is 0 Å². The van der Waals surface area contributed by atoms with Crippen molar-refractivity contribution < 1.29 is 24.5 Å². The van der Waals surface area contributed by atoms with Gasteiger partial charge in [0.15, 0.2) is 0 Å². The van der Waals surface area contributed by atoms with Gasteiger partial charge in [0, 0.05) is 25.6 Å². The van der Waals surface area contributed by atoms with Crippen LogP contribution in [-0.2, 0) is 14.3 Å². The first-order valence-corrected chi connectivity index (χ1v) is 8.39. The molecule has 2 N–H and O–H groups in total. The summed E-state index contributed by atoms with van der Waals surface area (Å²) in [6.45, 7) is 3.31. The van der Waals surface area contributed by atoms with Crippen molar-refractivity contribution in [2.75, 3.05) is 46.5 Å². The number of morpholine rings is 1. The molecule has 134 valence electrons. The van der Waals surface area contributed by atoms with Gasteiger partial charge in [-0.2, -0.15) is 0 Å². The van der Waals surface area contributed by atoms with E-state index in [0.717, 1.165) is 19.4 Å². The smallest absolute Gasteiger partial charge is 0.290 e. The molecule has 0 spiro atoms. The van der Waals surface area contributed by atoms with Crippen LogP contribution in [0.2, 0.25) is 0 Å². The molecule has 0 aromatic heterocycles. The summed E-state index contributed by atoms with van der Waals surface area (Å²) in [7, 11) is 1.98. The summed E-state index contributed by atoms with van der Waals surface area (Å²) in [5, 5.41) is 15.9. The molecule has 23 heavy (non-hydrogen) atoms. The van der Waals surface area contributed by atoms with Crippen LogP contribution < -0.4 is 0 Å². The fraction of sp³-hybridized carbons (Fsp3) is 0.875. The van der Waals surface area contributed by atoms with Gasteiger partial charge >= 0.3 is 0 Å². The van der Waals surface area contributed by atoms with Crippen molar-refractivity contribution in [1.29, 1.82) is 0 Å². The van der Waals surface area contributed by atoms with Crippen LogP contribution in [0.4, 0.5) is 0 Å². The lowest BCUT2D eigenvalue weighted by Crippen LogP contribution is -2.55. The fourth-order valence-electron chi connectivity index (χ4n) is 3.30. The Morgan fingerprint density at radius 3 is 2.61 bits per heavy atom. The molecule has 1 amide bonds. The standard InChI is InChI=1S/C15H28N2O3.CH2O2/c1-16(7-9-18)11-14-12-20-10-8-17(14)15(19)13-5-3-2-4-6-13;2-1-3/h13-14,18H,2-12H2,1H3;1H,(H,2,3). The second-order valence-corrected chi connectivity index (χ2v) is 6.19. The van der Waals surface area contributed by atoms with Gasteiger partial charge in [0.2, 0.25) is 5.91 Å². The SMILES string of the molecule is CN(CCO)CC1COCCN1C(=O)C1CCCCC1.O=CO. The number of nitrogens with zero attached hydrogens (tertiary/aromatic N) is 2. The number of ether oxygens (including phenoxy) is 1. The maximum absolute atomic E-state index is 12.7. The molecule has 2 aliphatic rings. The Balaban J connectivity index is 0.000000816. The molecule has 0 aromatic carbocycles. The zero-order valence-corrected chi connectivity index (χ0v) is 14.0. The first kappa shape index (κ1) is 19.9. The van der Waals surface area contributed by atoms with E-state index in [1.165, 1.54) is 19.3 Å². The second kappa shape index (κ2) is 11.4. The Hall–Kier alpha value is -1.18. The van der Waals surface area contributed by atoms with Gasteiger partial charge in [0.25, 0.3) is 6.47 Å². The zero-order valence-electron chi connectivity index (χ0n) is 14.0. The van der Waals surface area contributed by atoms with Crippen LogP contribution in [0.1, 0.15) is 32.1 Å². The molecule has 1 saturated heterocycles. The first-order valence-electron chi connectivity index (χ1n) is 8.39. The van der Waals surface area contributed by atoms with Crippen molar-refractivity contribution >= 4 is 12.4 Å². The van der Waals surface area contributed by atoms with Gasteiger partial charge in [-0.15, -0.1) is 0 Å². The molecule has 1 heterocycles. The monoisotopic (exact) mass is 330 g/mol. The lowest BCUT2D eigenvalue weighted by Gasteiger charge is -2.40. The second-order valence-electron chi connectivity index (χ2n) is 6.19. The number of hydrogen-bond acceptors (Lipinski definition) is 5. The van der Waals surface area contributed by atoms with Crippen molar-refractivity contribution in [3.63, 3.8) is 0 Å². The van der Waals surface area contributed by atoms with Gasteiger partial charge in [0.1, 0.15) is 0 Å². The molecule has 1 aliphatic heterocycles. The Labute approximate surface area is 138 Å². The summed E-state index contributed by atoms with van der Waals surface area (Å²) in [5.74, 6) is 0.558. The van der Waals surface area contributed by atoms with E-state index in [0.29, 0.717) is 32.2 Å². The highest BCUT2D eigenvalue weighted by Crippen LogP contribution is 2.26. The third kappa shape index (κ3) is 6.85. The molecule has 2 rings (SSSR count). The molecule has 7 heteroatoms. The molecule has 1 saturated carbocycles. The van der Waals surface area contributed by atoms with Gasteiger partial charge < -0.3 is 24.7 Å². The number of carbonyl (C=O) groups excluding carboxylic acids is 1. The highest BCUT2D eigenvalue weighted by atomic mass is 16.5. The third-order valence-corrected chi connectivity index (χ3v) is 4.47. The van der Waals surface area contributed by atoms with E-state index in [2.05, 4.69) is 4.90 Å². The number of rotatable bonds is 5. The maximum Gasteiger partial charge on any atom is 0.290 e. The van der Waals surface area contributed by atoms with Crippen molar-refractivity contribution in [3.05, 3.63) is 0 Å². The Kier molecular flexibility index (Phi) is 9.82. The molecule has 0 radical (unpaired) electrons. The summed E-state index contributed by atoms with van der Waals surface area (Å²) >= 11 is 0. The Bertz CT molecular complexity index is 347. The predicted octanol–water partition coefficient (Wildman–Crippen LogP) is 0.419. The largest absolute Gasteiger partial charge is 0.483 e. The first-order chi connectivity index (χ1) is 11.1. The fourth-order valence-corrected chi connectivity index (χ4v) is 3.30. The van der Waals surface area contributed by atoms with Crippen LogP contribution in [-0.4, -0.2) is 84.9 Å². The Morgan fingerprint density at radius 2 is 2.00 bits per heavy atom. The summed E-state index contributed by atoms with van der Waals surface area (Å²) in [6.07, 6.45) is 5.76. The quantitative estimate of drug-likeness (QED) is 0.710. The van der Waals surface area contributed by atoms with E-state index in [1.807, 2.05) is 11.9 Å².